The van der Waals surface area contributed by atoms with Crippen LogP contribution in [-0.4, -0.2) is 23.1 Å². The third kappa shape index (κ3) is 4.79. The Morgan fingerprint density at radius 1 is 0.971 bits per heavy atom. The first-order chi connectivity index (χ1) is 16.7. The SMILES string of the molecule is CC(C)[C@H](N)C(=O)Oc1ccc(-c2ccc(C=CC(=O)O)cc2)cc1C12CC3CC(CC(C3)C1)C2. The van der Waals surface area contributed by atoms with E-state index in [0.29, 0.717) is 5.75 Å². The number of rotatable bonds is 7. The maximum absolute atomic E-state index is 12.8. The summed E-state index contributed by atoms with van der Waals surface area (Å²) in [6, 6.07) is 13.4. The van der Waals surface area contributed by atoms with Gasteiger partial charge in [0.1, 0.15) is 11.8 Å². The summed E-state index contributed by atoms with van der Waals surface area (Å²) >= 11 is 0. The molecule has 0 unspecified atom stereocenters. The van der Waals surface area contributed by atoms with Crippen LogP contribution < -0.4 is 10.5 Å². The second-order valence-electron chi connectivity index (χ2n) is 11.4. The topological polar surface area (TPSA) is 89.6 Å². The molecule has 4 fully saturated rings. The summed E-state index contributed by atoms with van der Waals surface area (Å²) in [6.07, 6.45) is 10.3. The maximum atomic E-state index is 12.8. The Labute approximate surface area is 207 Å². The molecule has 0 saturated heterocycles. The molecule has 0 heterocycles. The van der Waals surface area contributed by atoms with Crippen molar-refractivity contribution in [1.82, 2.24) is 0 Å². The van der Waals surface area contributed by atoms with Crippen molar-refractivity contribution in [3.8, 4) is 16.9 Å². The molecule has 3 N–H and O–H groups in total. The monoisotopic (exact) mass is 473 g/mol. The first-order valence-corrected chi connectivity index (χ1v) is 12.9. The van der Waals surface area contributed by atoms with Crippen molar-refractivity contribution in [2.45, 2.75) is 63.8 Å². The lowest BCUT2D eigenvalue weighted by Gasteiger charge is -2.57. The number of benzene rings is 2. The predicted molar refractivity (Wildman–Crippen MR) is 137 cm³/mol. The first kappa shape index (κ1) is 23.8. The molecule has 4 aliphatic carbocycles. The van der Waals surface area contributed by atoms with E-state index in [1.165, 1.54) is 38.5 Å². The number of carboxylic acid groups (broad SMARTS) is 1. The number of esters is 1. The highest BCUT2D eigenvalue weighted by molar-refractivity contribution is 5.85. The molecule has 6 rings (SSSR count). The Kier molecular flexibility index (Phi) is 6.30. The van der Waals surface area contributed by atoms with Crippen molar-refractivity contribution in [3.05, 3.63) is 59.7 Å². The van der Waals surface area contributed by atoms with Gasteiger partial charge in [0.25, 0.3) is 0 Å². The van der Waals surface area contributed by atoms with Crippen molar-refractivity contribution in [1.29, 1.82) is 0 Å². The van der Waals surface area contributed by atoms with Crippen LogP contribution in [0.5, 0.6) is 5.75 Å². The molecule has 0 aromatic heterocycles. The van der Waals surface area contributed by atoms with Gasteiger partial charge in [-0.2, -0.15) is 0 Å². The molecule has 0 aliphatic heterocycles. The Hall–Kier alpha value is -2.92. The van der Waals surface area contributed by atoms with Gasteiger partial charge >= 0.3 is 11.9 Å². The fourth-order valence-electron chi connectivity index (χ4n) is 7.06. The number of ether oxygens (including phenoxy) is 1. The highest BCUT2D eigenvalue weighted by Crippen LogP contribution is 2.62. The van der Waals surface area contributed by atoms with E-state index in [0.717, 1.165) is 46.1 Å². The van der Waals surface area contributed by atoms with E-state index < -0.39 is 12.0 Å². The quantitative estimate of drug-likeness (QED) is 0.301. The predicted octanol–water partition coefficient (Wildman–Crippen LogP) is 5.81. The molecule has 0 amide bonds. The van der Waals surface area contributed by atoms with Crippen molar-refractivity contribution in [2.75, 3.05) is 0 Å². The van der Waals surface area contributed by atoms with Crippen LogP contribution in [0.2, 0.25) is 0 Å². The summed E-state index contributed by atoms with van der Waals surface area (Å²) in [5, 5.41) is 8.88. The average molecular weight is 474 g/mol. The van der Waals surface area contributed by atoms with Gasteiger partial charge in [0.05, 0.1) is 0 Å². The lowest BCUT2D eigenvalue weighted by molar-refractivity contribution is -0.137. The molecule has 184 valence electrons. The average Bonchev–Trinajstić information content (AvgIpc) is 2.82. The lowest BCUT2D eigenvalue weighted by atomic mass is 9.48. The van der Waals surface area contributed by atoms with Gasteiger partial charge in [-0.3, -0.25) is 0 Å². The number of nitrogens with two attached hydrogens (primary N) is 1. The summed E-state index contributed by atoms with van der Waals surface area (Å²) in [4.78, 5) is 23.7. The molecule has 5 nitrogen and oxygen atoms in total. The zero-order chi connectivity index (χ0) is 24.7. The highest BCUT2D eigenvalue weighted by Gasteiger charge is 2.52. The molecule has 1 atom stereocenters. The third-order valence-electron chi connectivity index (χ3n) is 8.45. The largest absolute Gasteiger partial charge is 0.478 e. The van der Waals surface area contributed by atoms with Crippen LogP contribution in [0.4, 0.5) is 0 Å². The van der Waals surface area contributed by atoms with Gasteiger partial charge in [0, 0.05) is 11.6 Å². The van der Waals surface area contributed by atoms with Crippen molar-refractivity contribution in [2.24, 2.45) is 29.4 Å². The Balaban J connectivity index is 1.52. The Morgan fingerprint density at radius 3 is 2.09 bits per heavy atom. The zero-order valence-electron chi connectivity index (χ0n) is 20.6. The summed E-state index contributed by atoms with van der Waals surface area (Å²) in [6.45, 7) is 3.87. The second-order valence-corrected chi connectivity index (χ2v) is 11.4. The van der Waals surface area contributed by atoms with E-state index in [2.05, 4.69) is 6.07 Å². The number of hydrogen-bond donors (Lipinski definition) is 2. The molecule has 5 heteroatoms. The van der Waals surface area contributed by atoms with Gasteiger partial charge in [-0.25, -0.2) is 9.59 Å². The van der Waals surface area contributed by atoms with Gasteiger partial charge < -0.3 is 15.6 Å². The van der Waals surface area contributed by atoms with Gasteiger partial charge in [-0.05, 0) is 103 Å². The molecular formula is C30H35NO4. The molecule has 4 aliphatic rings. The molecule has 2 aromatic carbocycles. The molecule has 4 saturated carbocycles. The van der Waals surface area contributed by atoms with Crippen LogP contribution in [0.15, 0.2) is 48.5 Å². The first-order valence-electron chi connectivity index (χ1n) is 12.9. The van der Waals surface area contributed by atoms with Crippen LogP contribution in [0.25, 0.3) is 17.2 Å². The van der Waals surface area contributed by atoms with Gasteiger partial charge in [-0.15, -0.1) is 0 Å². The molecular weight excluding hydrogens is 438 g/mol. The minimum Gasteiger partial charge on any atom is -0.478 e. The van der Waals surface area contributed by atoms with E-state index in [1.807, 2.05) is 50.2 Å². The maximum Gasteiger partial charge on any atom is 0.328 e. The number of aliphatic carboxylic acids is 1. The van der Waals surface area contributed by atoms with Crippen LogP contribution in [0, 0.1) is 23.7 Å². The molecule has 35 heavy (non-hydrogen) atoms. The van der Waals surface area contributed by atoms with E-state index in [-0.39, 0.29) is 17.3 Å². The Bertz CT molecular complexity index is 1110. The summed E-state index contributed by atoms with van der Waals surface area (Å²) < 4.78 is 5.99. The molecule has 0 radical (unpaired) electrons. The van der Waals surface area contributed by atoms with Gasteiger partial charge in [0.15, 0.2) is 0 Å². The molecule has 2 aromatic rings. The summed E-state index contributed by atoms with van der Waals surface area (Å²) in [7, 11) is 0. The number of carbonyl (C=O) groups excluding carboxylic acids is 1. The van der Waals surface area contributed by atoms with E-state index in [4.69, 9.17) is 15.6 Å². The smallest absolute Gasteiger partial charge is 0.328 e. The third-order valence-corrected chi connectivity index (χ3v) is 8.45. The van der Waals surface area contributed by atoms with Gasteiger partial charge in [-0.1, -0.05) is 44.2 Å². The van der Waals surface area contributed by atoms with E-state index in [9.17, 15) is 9.59 Å². The summed E-state index contributed by atoms with van der Waals surface area (Å²) in [5.41, 5.74) is 10.3. The Morgan fingerprint density at radius 2 is 1.54 bits per heavy atom. The van der Waals surface area contributed by atoms with Crippen molar-refractivity contribution < 1.29 is 19.4 Å². The standard InChI is InChI=1S/C30H35NO4/c1-18(2)28(31)29(34)35-26-9-8-24(23-6-3-19(4-7-23)5-10-27(32)33)14-25(26)30-15-20-11-21(16-30)13-22(12-20)17-30/h3-10,14,18,20-22,28H,11-13,15-17,31H2,1-2H3,(H,32,33)/t20?,21?,22?,28-,30?/m0/s1. The summed E-state index contributed by atoms with van der Waals surface area (Å²) in [5.74, 6) is 1.66. The van der Waals surface area contributed by atoms with Crippen LogP contribution >= 0.6 is 0 Å². The molecule has 0 spiro atoms. The fourth-order valence-corrected chi connectivity index (χ4v) is 7.06. The number of hydrogen-bond acceptors (Lipinski definition) is 4. The van der Waals surface area contributed by atoms with Crippen molar-refractivity contribution in [3.63, 3.8) is 0 Å². The molecule has 4 bridgehead atoms. The van der Waals surface area contributed by atoms with E-state index >= 15 is 0 Å². The van der Waals surface area contributed by atoms with E-state index in [1.54, 1.807) is 6.08 Å². The fraction of sp³-hybridized carbons (Fsp3) is 0.467. The van der Waals surface area contributed by atoms with Gasteiger partial charge in [0.2, 0.25) is 0 Å². The van der Waals surface area contributed by atoms with Crippen LogP contribution in [0.3, 0.4) is 0 Å². The number of carbonyl (C=O) groups is 2. The number of carboxylic acids is 1. The highest BCUT2D eigenvalue weighted by atomic mass is 16.5. The van der Waals surface area contributed by atoms with Crippen LogP contribution in [0.1, 0.15) is 63.5 Å². The minimum absolute atomic E-state index is 0.0125. The van der Waals surface area contributed by atoms with Crippen LogP contribution in [-0.2, 0) is 15.0 Å². The normalized spacial score (nSPS) is 27.9. The lowest BCUT2D eigenvalue weighted by Crippen LogP contribution is -2.49. The second kappa shape index (κ2) is 9.27. The zero-order valence-corrected chi connectivity index (χ0v) is 20.6. The van der Waals surface area contributed by atoms with Crippen molar-refractivity contribution >= 4 is 18.0 Å². The minimum atomic E-state index is -0.961.